The molecule has 0 saturated carbocycles. The lowest BCUT2D eigenvalue weighted by Gasteiger charge is -2.56. The molecule has 4 aromatic rings. The summed E-state index contributed by atoms with van der Waals surface area (Å²) in [5.74, 6) is 1.65. The summed E-state index contributed by atoms with van der Waals surface area (Å²) in [5.41, 5.74) is 6.99. The minimum atomic E-state index is 0.520. The van der Waals surface area contributed by atoms with Gasteiger partial charge in [0.25, 0.3) is 0 Å². The number of likely N-dealkylation sites (N-methyl/N-ethyl adjacent to an activating group) is 1. The van der Waals surface area contributed by atoms with E-state index in [1.165, 1.54) is 17.6 Å². The second kappa shape index (κ2) is 9.49. The molecule has 4 aliphatic heterocycles. The van der Waals surface area contributed by atoms with Gasteiger partial charge in [-0.25, -0.2) is 14.5 Å². The van der Waals surface area contributed by atoms with Crippen LogP contribution >= 0.6 is 0 Å². The minimum Gasteiger partial charge on any atom is -0.481 e. The van der Waals surface area contributed by atoms with Gasteiger partial charge in [-0.2, -0.15) is 10.4 Å². The molecule has 0 aliphatic carbocycles. The van der Waals surface area contributed by atoms with E-state index >= 15 is 0 Å². The molecule has 0 spiro atoms. The number of fused-ring (bicyclic) bond motifs is 3. The average Bonchev–Trinajstić information content (AvgIpc) is 3.62. The SMILES string of the molecule is COc1ccc(CN2C3CC2CN(c2ccc(-c4cc(C5=CCN(C)C5)cn5ncc(C#N)c45)cn2)C3)cn1. The van der Waals surface area contributed by atoms with Crippen molar-refractivity contribution in [2.45, 2.75) is 25.0 Å². The molecule has 39 heavy (non-hydrogen) atoms. The molecule has 4 aliphatic rings. The number of pyridine rings is 3. The number of aromatic nitrogens is 4. The molecule has 2 atom stereocenters. The fourth-order valence-electron chi connectivity index (χ4n) is 6.19. The van der Waals surface area contributed by atoms with Crippen molar-refractivity contribution in [3.8, 4) is 23.1 Å². The van der Waals surface area contributed by atoms with Gasteiger partial charge < -0.3 is 9.64 Å². The van der Waals surface area contributed by atoms with E-state index in [2.05, 4.69) is 68.2 Å². The van der Waals surface area contributed by atoms with Crippen molar-refractivity contribution in [1.29, 1.82) is 5.26 Å². The Morgan fingerprint density at radius 2 is 1.92 bits per heavy atom. The normalized spacial score (nSPS) is 21.1. The Morgan fingerprint density at radius 3 is 2.59 bits per heavy atom. The van der Waals surface area contributed by atoms with Crippen LogP contribution in [-0.2, 0) is 6.54 Å². The van der Waals surface area contributed by atoms with E-state index in [0.717, 1.165) is 60.7 Å². The van der Waals surface area contributed by atoms with Gasteiger partial charge in [0, 0.05) is 80.6 Å². The number of rotatable bonds is 6. The number of anilines is 1. The molecule has 3 fully saturated rings. The summed E-state index contributed by atoms with van der Waals surface area (Å²) >= 11 is 0. The summed E-state index contributed by atoms with van der Waals surface area (Å²) in [7, 11) is 3.76. The maximum absolute atomic E-state index is 9.74. The van der Waals surface area contributed by atoms with Crippen LogP contribution in [0.15, 0.2) is 61.2 Å². The van der Waals surface area contributed by atoms with Crippen LogP contribution in [0.4, 0.5) is 5.82 Å². The van der Waals surface area contributed by atoms with Crippen molar-refractivity contribution in [1.82, 2.24) is 29.4 Å². The molecule has 2 bridgehead atoms. The smallest absolute Gasteiger partial charge is 0.212 e. The Labute approximate surface area is 227 Å². The third-order valence-electron chi connectivity index (χ3n) is 8.29. The second-order valence-electron chi connectivity index (χ2n) is 10.8. The van der Waals surface area contributed by atoms with Gasteiger partial charge in [-0.15, -0.1) is 0 Å². The molecule has 8 rings (SSSR count). The number of nitrogens with zero attached hydrogens (tertiary/aromatic N) is 8. The van der Waals surface area contributed by atoms with Crippen LogP contribution in [0.25, 0.3) is 22.2 Å². The number of methoxy groups -OCH3 is 1. The van der Waals surface area contributed by atoms with Crippen LogP contribution in [0.3, 0.4) is 0 Å². The summed E-state index contributed by atoms with van der Waals surface area (Å²) in [4.78, 5) is 16.5. The van der Waals surface area contributed by atoms with E-state index in [9.17, 15) is 5.26 Å². The summed E-state index contributed by atoms with van der Waals surface area (Å²) in [6.07, 6.45) is 11.0. The number of hydrogen-bond acceptors (Lipinski definition) is 8. The van der Waals surface area contributed by atoms with Gasteiger partial charge in [0.05, 0.1) is 24.4 Å². The molecule has 0 N–H and O–H groups in total. The molecule has 9 heteroatoms. The highest BCUT2D eigenvalue weighted by molar-refractivity contribution is 5.87. The summed E-state index contributed by atoms with van der Waals surface area (Å²) in [6.45, 7) is 4.69. The lowest BCUT2D eigenvalue weighted by Crippen LogP contribution is -2.68. The lowest BCUT2D eigenvalue weighted by atomic mass is 9.87. The van der Waals surface area contributed by atoms with Gasteiger partial charge in [-0.3, -0.25) is 9.80 Å². The molecule has 0 radical (unpaired) electrons. The molecule has 3 saturated heterocycles. The van der Waals surface area contributed by atoms with Crippen LogP contribution in [0.5, 0.6) is 5.88 Å². The predicted molar refractivity (Wildman–Crippen MR) is 149 cm³/mol. The fourth-order valence-corrected chi connectivity index (χ4v) is 6.19. The Balaban J connectivity index is 1.11. The number of nitriles is 1. The van der Waals surface area contributed by atoms with E-state index in [0.29, 0.717) is 23.5 Å². The first-order valence-corrected chi connectivity index (χ1v) is 13.3. The van der Waals surface area contributed by atoms with Gasteiger partial charge in [0.15, 0.2) is 0 Å². The van der Waals surface area contributed by atoms with Crippen molar-refractivity contribution in [2.75, 3.05) is 45.2 Å². The van der Waals surface area contributed by atoms with Crippen LogP contribution in [-0.4, -0.2) is 81.8 Å². The molecule has 196 valence electrons. The summed E-state index contributed by atoms with van der Waals surface area (Å²) in [5, 5.41) is 14.2. The Morgan fingerprint density at radius 1 is 1.05 bits per heavy atom. The van der Waals surface area contributed by atoms with Crippen molar-refractivity contribution < 1.29 is 4.74 Å². The van der Waals surface area contributed by atoms with Crippen molar-refractivity contribution >= 4 is 16.9 Å². The number of piperazine rings is 1. The van der Waals surface area contributed by atoms with Gasteiger partial charge >= 0.3 is 0 Å². The standard InChI is InChI=1S/C30H30N8O/c1-35-8-7-22(16-35)23-9-27(30-24(11-31)14-34-38(30)17-23)21-4-5-28(32-13-21)36-18-25-10-26(19-36)37(25)15-20-3-6-29(39-2)33-12-20/h3-7,9,12-14,17,25-26H,8,10,15-16,18-19H2,1-2H3. The number of ether oxygens (including phenoxy) is 1. The van der Waals surface area contributed by atoms with Crippen molar-refractivity contribution in [2.24, 2.45) is 0 Å². The van der Waals surface area contributed by atoms with Gasteiger partial charge in [0.1, 0.15) is 11.9 Å². The average molecular weight is 519 g/mol. The highest BCUT2D eigenvalue weighted by Gasteiger charge is 2.44. The third kappa shape index (κ3) is 4.22. The molecule has 2 unspecified atom stereocenters. The van der Waals surface area contributed by atoms with Crippen LogP contribution < -0.4 is 9.64 Å². The minimum absolute atomic E-state index is 0.520. The third-order valence-corrected chi connectivity index (χ3v) is 8.29. The molecule has 9 nitrogen and oxygen atoms in total. The fraction of sp³-hybridized carbons (Fsp3) is 0.333. The number of hydrogen-bond donors (Lipinski definition) is 0. The lowest BCUT2D eigenvalue weighted by molar-refractivity contribution is -0.00876. The van der Waals surface area contributed by atoms with Crippen LogP contribution in [0.1, 0.15) is 23.1 Å². The summed E-state index contributed by atoms with van der Waals surface area (Å²) in [6, 6.07) is 13.8. The van der Waals surface area contributed by atoms with Gasteiger partial charge in [-0.05, 0) is 48.4 Å². The first kappa shape index (κ1) is 23.8. The molecule has 0 aromatic carbocycles. The maximum Gasteiger partial charge on any atom is 0.212 e. The monoisotopic (exact) mass is 518 g/mol. The highest BCUT2D eigenvalue weighted by atomic mass is 16.5. The molecular formula is C30H30N8O. The zero-order valence-corrected chi connectivity index (χ0v) is 22.2. The van der Waals surface area contributed by atoms with Crippen LogP contribution in [0, 0.1) is 11.3 Å². The van der Waals surface area contributed by atoms with E-state index in [1.807, 2.05) is 29.2 Å². The second-order valence-corrected chi connectivity index (χ2v) is 10.8. The van der Waals surface area contributed by atoms with Gasteiger partial charge in [-0.1, -0.05) is 12.1 Å². The van der Waals surface area contributed by atoms with Crippen LogP contribution in [0.2, 0.25) is 0 Å². The largest absolute Gasteiger partial charge is 0.481 e. The summed E-state index contributed by atoms with van der Waals surface area (Å²) < 4.78 is 7.02. The van der Waals surface area contributed by atoms with Gasteiger partial charge in [0.2, 0.25) is 5.88 Å². The predicted octanol–water partition coefficient (Wildman–Crippen LogP) is 3.46. The maximum atomic E-state index is 9.74. The Kier molecular flexibility index (Phi) is 5.80. The quantitative estimate of drug-likeness (QED) is 0.384. The number of piperidine rings is 1. The highest BCUT2D eigenvalue weighted by Crippen LogP contribution is 2.36. The zero-order valence-electron chi connectivity index (χ0n) is 22.2. The van der Waals surface area contributed by atoms with E-state index in [1.54, 1.807) is 13.3 Å². The molecule has 8 heterocycles. The molecule has 4 aromatic heterocycles. The topological polar surface area (TPSA) is 85.8 Å². The molecule has 0 amide bonds. The van der Waals surface area contributed by atoms with Crippen molar-refractivity contribution in [3.63, 3.8) is 0 Å². The van der Waals surface area contributed by atoms with E-state index < -0.39 is 0 Å². The first-order chi connectivity index (χ1) is 19.1. The zero-order chi connectivity index (χ0) is 26.5. The first-order valence-electron chi connectivity index (χ1n) is 13.3. The molecular weight excluding hydrogens is 488 g/mol. The Bertz CT molecular complexity index is 1590. The van der Waals surface area contributed by atoms with E-state index in [-0.39, 0.29) is 0 Å². The Hall–Kier alpha value is -4.26. The van der Waals surface area contributed by atoms with Crippen molar-refractivity contribution in [3.05, 3.63) is 77.9 Å². The van der Waals surface area contributed by atoms with E-state index in [4.69, 9.17) is 9.72 Å².